The van der Waals surface area contributed by atoms with Gasteiger partial charge in [-0.3, -0.25) is 0 Å². The molecule has 0 saturated heterocycles. The molecule has 0 atom stereocenters. The zero-order chi connectivity index (χ0) is 14.1. The first-order chi connectivity index (χ1) is 9.13. The summed E-state index contributed by atoms with van der Waals surface area (Å²) in [6.45, 7) is 7.66. The summed E-state index contributed by atoms with van der Waals surface area (Å²) in [4.78, 5) is 0. The predicted octanol–water partition coefficient (Wildman–Crippen LogP) is 4.10. The molecule has 1 rings (SSSR count). The van der Waals surface area contributed by atoms with E-state index in [4.69, 9.17) is 4.74 Å². The van der Waals surface area contributed by atoms with Gasteiger partial charge in [-0.25, -0.2) is 0 Å². The molecule has 19 heavy (non-hydrogen) atoms. The van der Waals surface area contributed by atoms with Gasteiger partial charge < -0.3 is 10.1 Å². The van der Waals surface area contributed by atoms with Gasteiger partial charge in [0.2, 0.25) is 0 Å². The van der Waals surface area contributed by atoms with Crippen molar-refractivity contribution in [2.45, 2.75) is 58.9 Å². The lowest BCUT2D eigenvalue weighted by atomic mass is 10.0. The Morgan fingerprint density at radius 3 is 2.47 bits per heavy atom. The molecule has 1 aromatic carbocycles. The van der Waals surface area contributed by atoms with Crippen molar-refractivity contribution in [3.63, 3.8) is 0 Å². The smallest absolute Gasteiger partial charge is 0.121 e. The van der Waals surface area contributed by atoms with E-state index >= 15 is 0 Å². The normalized spacial score (nSPS) is 11.0. The molecule has 0 aliphatic heterocycles. The SMILES string of the molecule is COc1ccc(CCCCCCNC(C)C)cc1C. The second-order valence-corrected chi connectivity index (χ2v) is 5.58. The number of hydrogen-bond acceptors (Lipinski definition) is 2. The predicted molar refractivity (Wildman–Crippen MR) is 83.0 cm³/mol. The maximum Gasteiger partial charge on any atom is 0.121 e. The Morgan fingerprint density at radius 2 is 1.84 bits per heavy atom. The first-order valence-electron chi connectivity index (χ1n) is 7.50. The van der Waals surface area contributed by atoms with Gasteiger partial charge in [-0.15, -0.1) is 0 Å². The fourth-order valence-electron chi connectivity index (χ4n) is 2.29. The van der Waals surface area contributed by atoms with Crippen LogP contribution in [0.1, 0.15) is 50.7 Å². The van der Waals surface area contributed by atoms with Crippen molar-refractivity contribution in [2.24, 2.45) is 0 Å². The van der Waals surface area contributed by atoms with Crippen LogP contribution in [0.4, 0.5) is 0 Å². The average molecular weight is 263 g/mol. The Kier molecular flexibility index (Phi) is 7.57. The topological polar surface area (TPSA) is 21.3 Å². The van der Waals surface area contributed by atoms with Gasteiger partial charge in [0.15, 0.2) is 0 Å². The highest BCUT2D eigenvalue weighted by molar-refractivity contribution is 5.36. The zero-order valence-corrected chi connectivity index (χ0v) is 13.0. The van der Waals surface area contributed by atoms with Crippen molar-refractivity contribution in [3.8, 4) is 5.75 Å². The highest BCUT2D eigenvalue weighted by Gasteiger charge is 2.00. The Hall–Kier alpha value is -1.02. The minimum atomic E-state index is 0.613. The molecule has 0 spiro atoms. The molecule has 1 N–H and O–H groups in total. The Balaban J connectivity index is 2.14. The van der Waals surface area contributed by atoms with Gasteiger partial charge in [0.25, 0.3) is 0 Å². The lowest BCUT2D eigenvalue weighted by Crippen LogP contribution is -2.23. The van der Waals surface area contributed by atoms with Crippen LogP contribution in [-0.2, 0) is 6.42 Å². The van der Waals surface area contributed by atoms with Gasteiger partial charge in [-0.05, 0) is 49.9 Å². The summed E-state index contributed by atoms with van der Waals surface area (Å²) in [6.07, 6.45) is 6.41. The third-order valence-electron chi connectivity index (χ3n) is 3.40. The molecule has 1 aromatic rings. The largest absolute Gasteiger partial charge is 0.496 e. The first kappa shape index (κ1) is 16.0. The van der Waals surface area contributed by atoms with E-state index in [9.17, 15) is 0 Å². The molecule has 0 amide bonds. The van der Waals surface area contributed by atoms with E-state index < -0.39 is 0 Å². The Bertz CT molecular complexity index is 360. The fraction of sp³-hybridized carbons (Fsp3) is 0.647. The van der Waals surface area contributed by atoms with Gasteiger partial charge in [0.05, 0.1) is 7.11 Å². The van der Waals surface area contributed by atoms with Crippen LogP contribution in [0.15, 0.2) is 18.2 Å². The Morgan fingerprint density at radius 1 is 1.11 bits per heavy atom. The summed E-state index contributed by atoms with van der Waals surface area (Å²) in [7, 11) is 1.73. The van der Waals surface area contributed by atoms with Crippen molar-refractivity contribution >= 4 is 0 Å². The van der Waals surface area contributed by atoms with Crippen LogP contribution in [0.25, 0.3) is 0 Å². The lowest BCUT2D eigenvalue weighted by molar-refractivity contribution is 0.411. The van der Waals surface area contributed by atoms with E-state index in [0.717, 1.165) is 12.3 Å². The lowest BCUT2D eigenvalue weighted by Gasteiger charge is -2.08. The Labute approximate surface area is 118 Å². The summed E-state index contributed by atoms with van der Waals surface area (Å²) in [6, 6.07) is 7.13. The number of unbranched alkanes of at least 4 members (excludes halogenated alkanes) is 3. The number of benzene rings is 1. The van der Waals surface area contributed by atoms with E-state index in [-0.39, 0.29) is 0 Å². The number of methoxy groups -OCH3 is 1. The van der Waals surface area contributed by atoms with Gasteiger partial charge in [0, 0.05) is 6.04 Å². The van der Waals surface area contributed by atoms with E-state index in [1.807, 2.05) is 0 Å². The van der Waals surface area contributed by atoms with E-state index in [0.29, 0.717) is 6.04 Å². The van der Waals surface area contributed by atoms with Crippen LogP contribution in [0.2, 0.25) is 0 Å². The third kappa shape index (κ3) is 6.63. The number of rotatable bonds is 9. The van der Waals surface area contributed by atoms with Crippen LogP contribution in [0, 0.1) is 6.92 Å². The molecule has 0 unspecified atom stereocenters. The monoisotopic (exact) mass is 263 g/mol. The molecule has 108 valence electrons. The molecule has 0 fully saturated rings. The number of ether oxygens (including phenoxy) is 1. The summed E-state index contributed by atoms with van der Waals surface area (Å²) in [5.74, 6) is 0.989. The molecule has 2 nitrogen and oxygen atoms in total. The van der Waals surface area contributed by atoms with Crippen LogP contribution >= 0.6 is 0 Å². The quantitative estimate of drug-likeness (QED) is 0.677. The van der Waals surface area contributed by atoms with Crippen LogP contribution in [0.3, 0.4) is 0 Å². The van der Waals surface area contributed by atoms with Crippen LogP contribution < -0.4 is 10.1 Å². The molecule has 0 bridgehead atoms. The maximum absolute atomic E-state index is 5.28. The van der Waals surface area contributed by atoms with Crippen molar-refractivity contribution in [2.75, 3.05) is 13.7 Å². The molecule has 0 saturated carbocycles. The number of nitrogens with one attached hydrogen (secondary N) is 1. The van der Waals surface area contributed by atoms with Gasteiger partial charge in [-0.1, -0.05) is 38.8 Å². The average Bonchev–Trinajstić information content (AvgIpc) is 2.37. The molecule has 0 aliphatic rings. The minimum absolute atomic E-state index is 0.613. The number of aryl methyl sites for hydroxylation is 2. The summed E-state index contributed by atoms with van der Waals surface area (Å²) < 4.78 is 5.28. The van der Waals surface area contributed by atoms with E-state index in [1.165, 1.54) is 43.2 Å². The van der Waals surface area contributed by atoms with Gasteiger partial charge in [0.1, 0.15) is 5.75 Å². The molecular weight excluding hydrogens is 234 g/mol. The van der Waals surface area contributed by atoms with Crippen molar-refractivity contribution in [3.05, 3.63) is 29.3 Å². The third-order valence-corrected chi connectivity index (χ3v) is 3.40. The molecule has 0 aliphatic carbocycles. The molecule has 2 heteroatoms. The van der Waals surface area contributed by atoms with Crippen molar-refractivity contribution in [1.82, 2.24) is 5.32 Å². The van der Waals surface area contributed by atoms with E-state index in [1.54, 1.807) is 7.11 Å². The second-order valence-electron chi connectivity index (χ2n) is 5.58. The minimum Gasteiger partial charge on any atom is -0.496 e. The van der Waals surface area contributed by atoms with E-state index in [2.05, 4.69) is 44.3 Å². The zero-order valence-electron chi connectivity index (χ0n) is 13.0. The molecule has 0 aromatic heterocycles. The van der Waals surface area contributed by atoms with Crippen molar-refractivity contribution in [1.29, 1.82) is 0 Å². The first-order valence-corrected chi connectivity index (χ1v) is 7.50. The highest BCUT2D eigenvalue weighted by atomic mass is 16.5. The van der Waals surface area contributed by atoms with Crippen LogP contribution in [0.5, 0.6) is 5.75 Å². The molecule has 0 heterocycles. The van der Waals surface area contributed by atoms with Gasteiger partial charge >= 0.3 is 0 Å². The highest BCUT2D eigenvalue weighted by Crippen LogP contribution is 2.19. The van der Waals surface area contributed by atoms with Crippen molar-refractivity contribution < 1.29 is 4.74 Å². The van der Waals surface area contributed by atoms with Crippen LogP contribution in [-0.4, -0.2) is 19.7 Å². The summed E-state index contributed by atoms with van der Waals surface area (Å²) in [5, 5.41) is 3.46. The fourth-order valence-corrected chi connectivity index (χ4v) is 2.29. The molecular formula is C17H29NO. The molecule has 0 radical (unpaired) electrons. The van der Waals surface area contributed by atoms with Gasteiger partial charge in [-0.2, -0.15) is 0 Å². The summed E-state index contributed by atoms with van der Waals surface area (Å²) in [5.41, 5.74) is 2.67. The standard InChI is InChI=1S/C17H29NO/c1-14(2)18-12-8-6-5-7-9-16-10-11-17(19-4)15(3)13-16/h10-11,13-14,18H,5-9,12H2,1-4H3. The maximum atomic E-state index is 5.28. The second kappa shape index (κ2) is 8.98. The number of hydrogen-bond donors (Lipinski definition) is 1. The summed E-state index contributed by atoms with van der Waals surface area (Å²) >= 11 is 0.